The summed E-state index contributed by atoms with van der Waals surface area (Å²) in [6, 6.07) is 9.94. The molecule has 0 saturated heterocycles. The van der Waals surface area contributed by atoms with Crippen molar-refractivity contribution in [3.8, 4) is 5.75 Å². The standard InChI is InChI=1S/C14H10ClN3O4/c15-12-6-2-4-10(13(12)19)8-16-17-14(20)9-3-1-5-11(7-9)18(21)22/h1-8,19H,(H,17,20). The summed E-state index contributed by atoms with van der Waals surface area (Å²) in [7, 11) is 0. The largest absolute Gasteiger partial charge is 0.506 e. The molecule has 0 aliphatic heterocycles. The van der Waals surface area contributed by atoms with Crippen LogP contribution in [-0.2, 0) is 0 Å². The highest BCUT2D eigenvalue weighted by molar-refractivity contribution is 6.32. The molecular weight excluding hydrogens is 310 g/mol. The average Bonchev–Trinajstić information content (AvgIpc) is 2.51. The molecule has 22 heavy (non-hydrogen) atoms. The van der Waals surface area contributed by atoms with Crippen LogP contribution in [-0.4, -0.2) is 22.2 Å². The third-order valence-electron chi connectivity index (χ3n) is 2.71. The molecule has 0 unspecified atom stereocenters. The van der Waals surface area contributed by atoms with E-state index in [1.807, 2.05) is 0 Å². The third-order valence-corrected chi connectivity index (χ3v) is 3.01. The van der Waals surface area contributed by atoms with Crippen molar-refractivity contribution >= 4 is 29.4 Å². The molecule has 1 amide bonds. The molecule has 8 heteroatoms. The number of carbonyl (C=O) groups is 1. The van der Waals surface area contributed by atoms with Gasteiger partial charge >= 0.3 is 0 Å². The maximum absolute atomic E-state index is 11.8. The van der Waals surface area contributed by atoms with Gasteiger partial charge in [0.05, 0.1) is 16.2 Å². The lowest BCUT2D eigenvalue weighted by atomic mass is 10.2. The highest BCUT2D eigenvalue weighted by Gasteiger charge is 2.10. The first-order valence-corrected chi connectivity index (χ1v) is 6.42. The number of hydrazone groups is 1. The molecule has 7 nitrogen and oxygen atoms in total. The fourth-order valence-corrected chi connectivity index (χ4v) is 1.80. The number of nitrogens with zero attached hydrogens (tertiary/aromatic N) is 2. The highest BCUT2D eigenvalue weighted by atomic mass is 35.5. The minimum absolute atomic E-state index is 0.0988. The van der Waals surface area contributed by atoms with Crippen LogP contribution in [0.25, 0.3) is 0 Å². The summed E-state index contributed by atoms with van der Waals surface area (Å²) in [6.07, 6.45) is 1.22. The van der Waals surface area contributed by atoms with Gasteiger partial charge in [-0.2, -0.15) is 5.10 Å². The Kier molecular flexibility index (Phi) is 4.70. The first-order chi connectivity index (χ1) is 10.5. The van der Waals surface area contributed by atoms with Gasteiger partial charge in [0.15, 0.2) is 0 Å². The summed E-state index contributed by atoms with van der Waals surface area (Å²) in [6.45, 7) is 0. The first-order valence-electron chi connectivity index (χ1n) is 6.04. The number of carbonyl (C=O) groups excluding carboxylic acids is 1. The summed E-state index contributed by atoms with van der Waals surface area (Å²) >= 11 is 5.74. The zero-order valence-corrected chi connectivity index (χ0v) is 11.8. The van der Waals surface area contributed by atoms with Crippen molar-refractivity contribution in [3.63, 3.8) is 0 Å². The lowest BCUT2D eigenvalue weighted by Crippen LogP contribution is -2.17. The Labute approximate surface area is 130 Å². The van der Waals surface area contributed by atoms with Gasteiger partial charge in [0.1, 0.15) is 5.75 Å². The third kappa shape index (κ3) is 3.58. The van der Waals surface area contributed by atoms with Gasteiger partial charge in [0, 0.05) is 23.3 Å². The molecule has 0 saturated carbocycles. The second-order valence-corrected chi connectivity index (χ2v) is 4.59. The molecule has 2 aromatic rings. The van der Waals surface area contributed by atoms with Crippen LogP contribution in [0.3, 0.4) is 0 Å². The molecule has 0 aliphatic rings. The van der Waals surface area contributed by atoms with Crippen LogP contribution in [0.1, 0.15) is 15.9 Å². The molecule has 0 bridgehead atoms. The number of aromatic hydroxyl groups is 1. The highest BCUT2D eigenvalue weighted by Crippen LogP contribution is 2.25. The van der Waals surface area contributed by atoms with E-state index in [4.69, 9.17) is 11.6 Å². The average molecular weight is 320 g/mol. The molecule has 0 fully saturated rings. The Morgan fingerprint density at radius 3 is 2.77 bits per heavy atom. The predicted molar refractivity (Wildman–Crippen MR) is 81.3 cm³/mol. The number of benzene rings is 2. The molecule has 0 aromatic heterocycles. The van der Waals surface area contributed by atoms with Crippen LogP contribution in [0.5, 0.6) is 5.75 Å². The van der Waals surface area contributed by atoms with Gasteiger partial charge in [0.25, 0.3) is 11.6 Å². The Bertz CT molecular complexity index is 762. The van der Waals surface area contributed by atoms with Crippen LogP contribution in [0.4, 0.5) is 5.69 Å². The van der Waals surface area contributed by atoms with E-state index in [1.54, 1.807) is 12.1 Å². The Morgan fingerprint density at radius 1 is 1.32 bits per heavy atom. The molecule has 0 radical (unpaired) electrons. The Hall–Kier alpha value is -2.93. The van der Waals surface area contributed by atoms with E-state index in [1.165, 1.54) is 30.5 Å². The summed E-state index contributed by atoms with van der Waals surface area (Å²) in [4.78, 5) is 21.9. The number of nitro benzene ring substituents is 1. The zero-order valence-electron chi connectivity index (χ0n) is 11.1. The van der Waals surface area contributed by atoms with Crippen molar-refractivity contribution in [2.75, 3.05) is 0 Å². The number of hydrogen-bond acceptors (Lipinski definition) is 5. The molecular formula is C14H10ClN3O4. The van der Waals surface area contributed by atoms with E-state index in [-0.39, 0.29) is 22.0 Å². The van der Waals surface area contributed by atoms with Gasteiger partial charge in [-0.25, -0.2) is 5.43 Å². The molecule has 0 atom stereocenters. The monoisotopic (exact) mass is 319 g/mol. The van der Waals surface area contributed by atoms with Gasteiger partial charge in [-0.05, 0) is 18.2 Å². The number of nitro groups is 1. The first kappa shape index (κ1) is 15.5. The minimum atomic E-state index is -0.610. The molecule has 2 N–H and O–H groups in total. The molecule has 112 valence electrons. The quantitative estimate of drug-likeness (QED) is 0.513. The molecule has 0 aliphatic carbocycles. The fourth-order valence-electron chi connectivity index (χ4n) is 1.62. The SMILES string of the molecule is O=C(NN=Cc1cccc(Cl)c1O)c1cccc([N+](=O)[O-])c1. The summed E-state index contributed by atoms with van der Waals surface area (Å²) in [5, 5.41) is 24.2. The van der Waals surface area contributed by atoms with Crippen LogP contribution in [0.2, 0.25) is 5.02 Å². The number of amides is 1. The number of hydrogen-bond donors (Lipinski definition) is 2. The second kappa shape index (κ2) is 6.68. The van der Waals surface area contributed by atoms with Crippen molar-refractivity contribution in [3.05, 3.63) is 68.7 Å². The van der Waals surface area contributed by atoms with E-state index < -0.39 is 10.8 Å². The van der Waals surface area contributed by atoms with E-state index in [0.717, 1.165) is 6.07 Å². The second-order valence-electron chi connectivity index (χ2n) is 4.18. The maximum atomic E-state index is 11.8. The number of para-hydroxylation sites is 1. The van der Waals surface area contributed by atoms with Crippen LogP contribution < -0.4 is 5.43 Å². The minimum Gasteiger partial charge on any atom is -0.506 e. The number of phenols is 1. The van der Waals surface area contributed by atoms with Gasteiger partial charge in [-0.1, -0.05) is 23.7 Å². The van der Waals surface area contributed by atoms with Crippen molar-refractivity contribution in [1.82, 2.24) is 5.43 Å². The van der Waals surface area contributed by atoms with Crippen molar-refractivity contribution in [2.45, 2.75) is 0 Å². The Balaban J connectivity index is 2.09. The lowest BCUT2D eigenvalue weighted by molar-refractivity contribution is -0.384. The lowest BCUT2D eigenvalue weighted by Gasteiger charge is -2.01. The Morgan fingerprint density at radius 2 is 2.05 bits per heavy atom. The van der Waals surface area contributed by atoms with E-state index in [9.17, 15) is 20.0 Å². The van der Waals surface area contributed by atoms with Crippen LogP contribution >= 0.6 is 11.6 Å². The van der Waals surface area contributed by atoms with E-state index in [0.29, 0.717) is 5.56 Å². The van der Waals surface area contributed by atoms with Gasteiger partial charge < -0.3 is 5.11 Å². The summed E-state index contributed by atoms with van der Waals surface area (Å²) in [5.74, 6) is -0.765. The molecule has 0 spiro atoms. The number of rotatable bonds is 4. The number of phenolic OH excluding ortho intramolecular Hbond substituents is 1. The fraction of sp³-hybridized carbons (Fsp3) is 0. The molecule has 2 rings (SSSR count). The smallest absolute Gasteiger partial charge is 0.271 e. The van der Waals surface area contributed by atoms with Gasteiger partial charge in [-0.15, -0.1) is 0 Å². The zero-order chi connectivity index (χ0) is 16.1. The van der Waals surface area contributed by atoms with E-state index >= 15 is 0 Å². The van der Waals surface area contributed by atoms with Crippen molar-refractivity contribution in [1.29, 1.82) is 0 Å². The predicted octanol–water partition coefficient (Wildman–Crippen LogP) is 2.72. The number of nitrogens with one attached hydrogen (secondary N) is 1. The van der Waals surface area contributed by atoms with Crippen molar-refractivity contribution in [2.24, 2.45) is 5.10 Å². The van der Waals surface area contributed by atoms with Crippen molar-refractivity contribution < 1.29 is 14.8 Å². The van der Waals surface area contributed by atoms with E-state index in [2.05, 4.69) is 10.5 Å². The van der Waals surface area contributed by atoms with Crippen LogP contribution in [0, 0.1) is 10.1 Å². The summed E-state index contributed by atoms with van der Waals surface area (Å²) < 4.78 is 0. The summed E-state index contributed by atoms with van der Waals surface area (Å²) in [5.41, 5.74) is 2.45. The topological polar surface area (TPSA) is 105 Å². The molecule has 2 aromatic carbocycles. The maximum Gasteiger partial charge on any atom is 0.271 e. The van der Waals surface area contributed by atoms with Gasteiger partial charge in [-0.3, -0.25) is 14.9 Å². The number of non-ortho nitro benzene ring substituents is 1. The van der Waals surface area contributed by atoms with Gasteiger partial charge in [0.2, 0.25) is 0 Å². The van der Waals surface area contributed by atoms with Crippen LogP contribution in [0.15, 0.2) is 47.6 Å². The normalized spacial score (nSPS) is 10.6. The number of halogens is 1. The molecule has 0 heterocycles.